The van der Waals surface area contributed by atoms with Crippen molar-refractivity contribution in [2.75, 3.05) is 10.6 Å². The van der Waals surface area contributed by atoms with Gasteiger partial charge in [0.25, 0.3) is 5.69 Å². The molecule has 5 nitrogen and oxygen atoms in total. The smallest absolute Gasteiger partial charge is 0.271 e. The monoisotopic (exact) mass is 375 g/mol. The minimum Gasteiger partial charge on any atom is -0.332 e. The summed E-state index contributed by atoms with van der Waals surface area (Å²) in [5.41, 5.74) is 0.994. The largest absolute Gasteiger partial charge is 0.332 e. The number of anilines is 2. The highest BCUT2D eigenvalue weighted by Crippen LogP contribution is 2.28. The molecule has 0 aliphatic rings. The van der Waals surface area contributed by atoms with Crippen LogP contribution in [0.25, 0.3) is 0 Å². The van der Waals surface area contributed by atoms with E-state index in [-0.39, 0.29) is 15.8 Å². The number of halogens is 3. The molecular formula is C13H8Cl3N3O2S. The summed E-state index contributed by atoms with van der Waals surface area (Å²) in [7, 11) is 0. The van der Waals surface area contributed by atoms with Gasteiger partial charge in [0.15, 0.2) is 5.11 Å². The van der Waals surface area contributed by atoms with Crippen LogP contribution >= 0.6 is 47.0 Å². The molecule has 9 heteroatoms. The fourth-order valence-corrected chi connectivity index (χ4v) is 2.33. The molecule has 0 fully saturated rings. The summed E-state index contributed by atoms with van der Waals surface area (Å²) in [6, 6.07) is 9.01. The molecule has 0 heterocycles. The van der Waals surface area contributed by atoms with Crippen LogP contribution in [0.5, 0.6) is 0 Å². The Morgan fingerprint density at radius 1 is 1.00 bits per heavy atom. The number of nitrogens with zero attached hydrogens (tertiary/aromatic N) is 1. The van der Waals surface area contributed by atoms with Gasteiger partial charge in [0.2, 0.25) is 0 Å². The molecule has 2 rings (SSSR count). The van der Waals surface area contributed by atoms with Crippen molar-refractivity contribution in [3.8, 4) is 0 Å². The molecule has 0 saturated carbocycles. The minimum absolute atomic E-state index is 0.0982. The number of hydrogen-bond donors (Lipinski definition) is 2. The van der Waals surface area contributed by atoms with Crippen molar-refractivity contribution in [2.24, 2.45) is 0 Å². The normalized spacial score (nSPS) is 10.1. The Morgan fingerprint density at radius 3 is 2.32 bits per heavy atom. The number of nitro benzene ring substituents is 1. The maximum Gasteiger partial charge on any atom is 0.271 e. The van der Waals surface area contributed by atoms with Crippen LogP contribution in [-0.4, -0.2) is 10.0 Å². The van der Waals surface area contributed by atoms with E-state index in [0.717, 1.165) is 0 Å². The number of benzene rings is 2. The van der Waals surface area contributed by atoms with Crippen molar-refractivity contribution in [3.05, 3.63) is 61.6 Å². The van der Waals surface area contributed by atoms with Crippen LogP contribution in [-0.2, 0) is 0 Å². The van der Waals surface area contributed by atoms with Crippen molar-refractivity contribution < 1.29 is 4.92 Å². The fraction of sp³-hybridized carbons (Fsp3) is 0. The Labute approximate surface area is 146 Å². The molecule has 22 heavy (non-hydrogen) atoms. The van der Waals surface area contributed by atoms with Gasteiger partial charge in [0, 0.05) is 17.8 Å². The van der Waals surface area contributed by atoms with Crippen molar-refractivity contribution in [1.82, 2.24) is 0 Å². The first kappa shape index (κ1) is 16.8. The summed E-state index contributed by atoms with van der Waals surface area (Å²) < 4.78 is 0. The lowest BCUT2D eigenvalue weighted by molar-refractivity contribution is -0.384. The average Bonchev–Trinajstić information content (AvgIpc) is 2.45. The molecule has 0 aliphatic heterocycles. The summed E-state index contributed by atoms with van der Waals surface area (Å²) in [6.07, 6.45) is 0. The topological polar surface area (TPSA) is 67.2 Å². The van der Waals surface area contributed by atoms with Crippen molar-refractivity contribution in [3.63, 3.8) is 0 Å². The highest BCUT2D eigenvalue weighted by atomic mass is 35.5. The fourth-order valence-electron chi connectivity index (χ4n) is 1.58. The SMILES string of the molecule is O=[N+]([O-])c1ccc(NC(=S)Nc2ccc(Cl)c(Cl)c2)c(Cl)c1. The van der Waals surface area contributed by atoms with Gasteiger partial charge in [-0.1, -0.05) is 34.8 Å². The number of nitro groups is 1. The Bertz CT molecular complexity index is 755. The molecule has 2 N–H and O–H groups in total. The first-order valence-corrected chi connectivity index (χ1v) is 7.38. The first-order valence-electron chi connectivity index (χ1n) is 5.84. The highest BCUT2D eigenvalue weighted by Gasteiger charge is 2.10. The molecule has 0 amide bonds. The molecule has 2 aromatic carbocycles. The van der Waals surface area contributed by atoms with E-state index in [2.05, 4.69) is 10.6 Å². The summed E-state index contributed by atoms with van der Waals surface area (Å²) in [4.78, 5) is 10.1. The Balaban J connectivity index is 2.08. The third-order valence-corrected chi connectivity index (χ3v) is 3.85. The second-order valence-corrected chi connectivity index (χ2v) is 5.76. The molecule has 114 valence electrons. The third kappa shape index (κ3) is 4.20. The van der Waals surface area contributed by atoms with Crippen LogP contribution in [0.2, 0.25) is 15.1 Å². The van der Waals surface area contributed by atoms with Crippen molar-refractivity contribution in [1.29, 1.82) is 0 Å². The quantitative estimate of drug-likeness (QED) is 0.428. The van der Waals surface area contributed by atoms with Crippen LogP contribution < -0.4 is 10.6 Å². The predicted molar refractivity (Wildman–Crippen MR) is 94.4 cm³/mol. The predicted octanol–water partition coefficient (Wildman–Crippen LogP) is 5.36. The Kier molecular flexibility index (Phi) is 5.42. The van der Waals surface area contributed by atoms with Gasteiger partial charge in [-0.15, -0.1) is 0 Å². The van der Waals surface area contributed by atoms with E-state index >= 15 is 0 Å². The van der Waals surface area contributed by atoms with E-state index in [1.165, 1.54) is 18.2 Å². The lowest BCUT2D eigenvalue weighted by Crippen LogP contribution is -2.19. The summed E-state index contributed by atoms with van der Waals surface area (Å²) >= 11 is 22.9. The molecule has 0 unspecified atom stereocenters. The number of nitrogens with one attached hydrogen (secondary N) is 2. The van der Waals surface area contributed by atoms with Crippen LogP contribution in [0.3, 0.4) is 0 Å². The molecule has 0 radical (unpaired) electrons. The van der Waals surface area contributed by atoms with Crippen LogP contribution in [0, 0.1) is 10.1 Å². The molecule has 0 bridgehead atoms. The van der Waals surface area contributed by atoms with Gasteiger partial charge in [-0.2, -0.15) is 0 Å². The Morgan fingerprint density at radius 2 is 1.73 bits per heavy atom. The minimum atomic E-state index is -0.526. The zero-order valence-electron chi connectivity index (χ0n) is 10.8. The van der Waals surface area contributed by atoms with E-state index in [4.69, 9.17) is 47.0 Å². The lowest BCUT2D eigenvalue weighted by Gasteiger charge is -2.12. The van der Waals surface area contributed by atoms with Gasteiger partial charge < -0.3 is 10.6 Å². The second-order valence-electron chi connectivity index (χ2n) is 4.13. The van der Waals surface area contributed by atoms with Crippen LogP contribution in [0.1, 0.15) is 0 Å². The number of rotatable bonds is 3. The second kappa shape index (κ2) is 7.11. The van der Waals surface area contributed by atoms with Crippen LogP contribution in [0.15, 0.2) is 36.4 Å². The lowest BCUT2D eigenvalue weighted by atomic mass is 10.3. The van der Waals surface area contributed by atoms with Crippen molar-refractivity contribution >= 4 is 69.2 Å². The van der Waals surface area contributed by atoms with Gasteiger partial charge in [-0.05, 0) is 36.5 Å². The third-order valence-electron chi connectivity index (χ3n) is 2.59. The van der Waals surface area contributed by atoms with Crippen molar-refractivity contribution in [2.45, 2.75) is 0 Å². The summed E-state index contributed by atoms with van der Waals surface area (Å²) in [5.74, 6) is 0. The first-order chi connectivity index (χ1) is 10.4. The molecule has 0 atom stereocenters. The molecular weight excluding hydrogens is 369 g/mol. The van der Waals surface area contributed by atoms with Gasteiger partial charge >= 0.3 is 0 Å². The van der Waals surface area contributed by atoms with E-state index in [0.29, 0.717) is 21.4 Å². The number of thiocarbonyl (C=S) groups is 1. The molecule has 0 aromatic heterocycles. The molecule has 0 aliphatic carbocycles. The number of non-ortho nitro benzene ring substituents is 1. The van der Waals surface area contributed by atoms with Crippen LogP contribution in [0.4, 0.5) is 17.1 Å². The zero-order valence-corrected chi connectivity index (χ0v) is 13.9. The van der Waals surface area contributed by atoms with E-state index in [1.54, 1.807) is 18.2 Å². The van der Waals surface area contributed by atoms with E-state index in [9.17, 15) is 10.1 Å². The molecule has 0 spiro atoms. The zero-order chi connectivity index (χ0) is 16.3. The van der Waals surface area contributed by atoms with Gasteiger partial charge in [-0.25, -0.2) is 0 Å². The maximum absolute atomic E-state index is 10.7. The average molecular weight is 377 g/mol. The Hall–Kier alpha value is -1.60. The molecule has 0 saturated heterocycles. The van der Waals surface area contributed by atoms with Gasteiger partial charge in [0.1, 0.15) is 0 Å². The summed E-state index contributed by atoms with van der Waals surface area (Å²) in [6.45, 7) is 0. The highest BCUT2D eigenvalue weighted by molar-refractivity contribution is 7.80. The summed E-state index contributed by atoms with van der Waals surface area (Å²) in [5, 5.41) is 17.7. The van der Waals surface area contributed by atoms with E-state index < -0.39 is 4.92 Å². The van der Waals surface area contributed by atoms with Gasteiger partial charge in [-0.3, -0.25) is 10.1 Å². The standard InChI is InChI=1S/C13H8Cl3N3O2S/c14-9-3-1-7(5-10(9)15)17-13(22)18-12-4-2-8(19(20)21)6-11(12)16/h1-6H,(H2,17,18,22). The molecule has 2 aromatic rings. The maximum atomic E-state index is 10.7. The van der Waals surface area contributed by atoms with Gasteiger partial charge in [0.05, 0.1) is 25.7 Å². The van der Waals surface area contributed by atoms with E-state index in [1.807, 2.05) is 0 Å². The number of hydrogen-bond acceptors (Lipinski definition) is 3.